The number of carbonyl (C=O) groups excluding carboxylic acids is 1. The normalized spacial score (nSPS) is 27.8. The summed E-state index contributed by atoms with van der Waals surface area (Å²) in [6, 6.07) is 9.49. The smallest absolute Gasteiger partial charge is 0.261 e. The van der Waals surface area contributed by atoms with Crippen molar-refractivity contribution in [1.29, 1.82) is 10.7 Å². The monoisotopic (exact) mass is 383 g/mol. The minimum Gasteiger partial charge on any atom is -0.468 e. The third kappa shape index (κ3) is 2.93. The number of ether oxygens (including phenoxy) is 1. The van der Waals surface area contributed by atoms with Crippen LogP contribution in [0.5, 0.6) is 0 Å². The number of hydrogen-bond donors (Lipinski definition) is 1. The standard InChI is InChI=1S/C21H22ClN3O2/c22-15-9-7-14(8-10-15)19-18-16(26)5-4-6-17(18)27-21(19,13-23)20(24)25-11-2-1-3-12-25/h7-10,19,24H,1-6,11-12H2. The summed E-state index contributed by atoms with van der Waals surface area (Å²) in [6.07, 6.45) is 4.97. The number of carbonyl (C=O) groups is 1. The number of benzene rings is 1. The molecule has 5 nitrogen and oxygen atoms in total. The van der Waals surface area contributed by atoms with Crippen molar-refractivity contribution in [3.63, 3.8) is 0 Å². The Morgan fingerprint density at radius 3 is 2.56 bits per heavy atom. The van der Waals surface area contributed by atoms with Crippen molar-refractivity contribution < 1.29 is 9.53 Å². The van der Waals surface area contributed by atoms with Gasteiger partial charge in [-0.25, -0.2) is 0 Å². The van der Waals surface area contributed by atoms with Crippen LogP contribution < -0.4 is 0 Å². The number of nitrogens with zero attached hydrogens (tertiary/aromatic N) is 2. The third-order valence-corrected chi connectivity index (χ3v) is 6.03. The van der Waals surface area contributed by atoms with E-state index in [4.69, 9.17) is 21.7 Å². The molecule has 3 aliphatic rings. The summed E-state index contributed by atoms with van der Waals surface area (Å²) in [4.78, 5) is 14.7. The average molecular weight is 384 g/mol. The quantitative estimate of drug-likeness (QED) is 0.613. The number of likely N-dealkylation sites (tertiary alicyclic amines) is 1. The summed E-state index contributed by atoms with van der Waals surface area (Å²) < 4.78 is 6.18. The summed E-state index contributed by atoms with van der Waals surface area (Å²) in [6.45, 7) is 1.50. The van der Waals surface area contributed by atoms with Crippen molar-refractivity contribution in [2.24, 2.45) is 0 Å². The molecule has 140 valence electrons. The molecule has 2 atom stereocenters. The lowest BCUT2D eigenvalue weighted by Gasteiger charge is -2.38. The largest absolute Gasteiger partial charge is 0.468 e. The van der Waals surface area contributed by atoms with E-state index in [2.05, 4.69) is 6.07 Å². The lowest BCUT2D eigenvalue weighted by molar-refractivity contribution is -0.116. The van der Waals surface area contributed by atoms with Gasteiger partial charge >= 0.3 is 0 Å². The Morgan fingerprint density at radius 1 is 1.19 bits per heavy atom. The van der Waals surface area contributed by atoms with Crippen molar-refractivity contribution >= 4 is 23.2 Å². The van der Waals surface area contributed by atoms with Crippen molar-refractivity contribution in [3.8, 4) is 6.07 Å². The summed E-state index contributed by atoms with van der Waals surface area (Å²) in [5.74, 6) is 0.207. The van der Waals surface area contributed by atoms with E-state index in [9.17, 15) is 10.1 Å². The van der Waals surface area contributed by atoms with Crippen molar-refractivity contribution in [2.75, 3.05) is 13.1 Å². The van der Waals surface area contributed by atoms with Gasteiger partial charge in [0.1, 0.15) is 11.8 Å². The fourth-order valence-corrected chi connectivity index (χ4v) is 4.58. The zero-order valence-corrected chi connectivity index (χ0v) is 15.9. The number of nitriles is 1. The van der Waals surface area contributed by atoms with Gasteiger partial charge in [0.2, 0.25) is 0 Å². The predicted molar refractivity (Wildman–Crippen MR) is 103 cm³/mol. The maximum absolute atomic E-state index is 12.8. The molecular formula is C21H22ClN3O2. The van der Waals surface area contributed by atoms with Crippen LogP contribution in [0.2, 0.25) is 5.02 Å². The molecule has 0 radical (unpaired) electrons. The second kappa shape index (κ2) is 7.01. The molecule has 2 unspecified atom stereocenters. The Hall–Kier alpha value is -2.32. The maximum Gasteiger partial charge on any atom is 0.261 e. The lowest BCUT2D eigenvalue weighted by Crippen LogP contribution is -2.52. The highest BCUT2D eigenvalue weighted by atomic mass is 35.5. The molecule has 0 bridgehead atoms. The fraction of sp³-hybridized carbons (Fsp3) is 0.476. The first kappa shape index (κ1) is 18.1. The Balaban J connectivity index is 1.82. The SMILES string of the molecule is N#CC1(C(=N)N2CCCCC2)OC2=C(C(=O)CCC2)C1c1ccc(Cl)cc1. The molecule has 1 N–H and O–H groups in total. The highest BCUT2D eigenvalue weighted by Gasteiger charge is 2.58. The molecule has 4 rings (SSSR count). The van der Waals surface area contributed by atoms with Crippen LogP contribution in [0.15, 0.2) is 35.6 Å². The number of hydrogen-bond acceptors (Lipinski definition) is 4. The Labute approximate surface area is 164 Å². The van der Waals surface area contributed by atoms with Crippen molar-refractivity contribution in [1.82, 2.24) is 4.90 Å². The number of piperidine rings is 1. The first-order valence-corrected chi connectivity index (χ1v) is 9.90. The molecule has 0 saturated carbocycles. The number of halogens is 1. The summed E-state index contributed by atoms with van der Waals surface area (Å²) in [7, 11) is 0. The zero-order valence-electron chi connectivity index (χ0n) is 15.1. The molecule has 0 amide bonds. The molecule has 1 aromatic rings. The van der Waals surface area contributed by atoms with Gasteiger partial charge in [0.25, 0.3) is 5.60 Å². The van der Waals surface area contributed by atoms with E-state index in [0.717, 1.165) is 44.3 Å². The van der Waals surface area contributed by atoms with Crippen molar-refractivity contribution in [2.45, 2.75) is 50.0 Å². The van der Waals surface area contributed by atoms with Crippen LogP contribution >= 0.6 is 11.6 Å². The van der Waals surface area contributed by atoms with Gasteiger partial charge < -0.3 is 9.64 Å². The minimum absolute atomic E-state index is 0.0276. The maximum atomic E-state index is 12.8. The molecule has 2 aliphatic heterocycles. The number of Topliss-reactive ketones (excluding diaryl/α,β-unsaturated/α-hetero) is 1. The second-order valence-electron chi connectivity index (χ2n) is 7.44. The Kier molecular flexibility index (Phi) is 4.69. The van der Waals surface area contributed by atoms with Gasteiger partial charge in [-0.1, -0.05) is 23.7 Å². The molecule has 2 heterocycles. The molecule has 1 fully saturated rings. The summed E-state index contributed by atoms with van der Waals surface area (Å²) >= 11 is 6.05. The van der Waals surface area contributed by atoms with E-state index in [1.54, 1.807) is 12.1 Å². The van der Waals surface area contributed by atoms with Gasteiger partial charge in [-0.2, -0.15) is 5.26 Å². The van der Waals surface area contributed by atoms with Crippen LogP contribution in [0.4, 0.5) is 0 Å². The Bertz CT molecular complexity index is 849. The molecule has 0 spiro atoms. The summed E-state index contributed by atoms with van der Waals surface area (Å²) in [5.41, 5.74) is -0.120. The van der Waals surface area contributed by atoms with Crippen LogP contribution in [0.25, 0.3) is 0 Å². The van der Waals surface area contributed by atoms with Gasteiger partial charge in [0.05, 0.1) is 5.92 Å². The number of allylic oxidation sites excluding steroid dienone is 1. The van der Waals surface area contributed by atoms with E-state index in [1.165, 1.54) is 0 Å². The Morgan fingerprint density at radius 2 is 1.89 bits per heavy atom. The number of ketones is 1. The first-order chi connectivity index (χ1) is 13.1. The first-order valence-electron chi connectivity index (χ1n) is 9.53. The molecule has 1 aliphatic carbocycles. The van der Waals surface area contributed by atoms with E-state index >= 15 is 0 Å². The summed E-state index contributed by atoms with van der Waals surface area (Å²) in [5, 5.41) is 19.7. The molecule has 1 saturated heterocycles. The highest BCUT2D eigenvalue weighted by molar-refractivity contribution is 6.30. The number of rotatable bonds is 2. The molecule has 1 aromatic carbocycles. The number of amidine groups is 1. The van der Waals surface area contributed by atoms with Gasteiger partial charge in [-0.15, -0.1) is 0 Å². The molecule has 27 heavy (non-hydrogen) atoms. The lowest BCUT2D eigenvalue weighted by atomic mass is 9.75. The second-order valence-corrected chi connectivity index (χ2v) is 7.88. The van der Waals surface area contributed by atoms with Gasteiger partial charge in [-0.05, 0) is 43.4 Å². The van der Waals surface area contributed by atoms with Gasteiger partial charge in [-0.3, -0.25) is 10.2 Å². The van der Waals surface area contributed by atoms with E-state index in [-0.39, 0.29) is 11.6 Å². The van der Waals surface area contributed by atoms with Gasteiger partial charge in [0.15, 0.2) is 11.6 Å². The van der Waals surface area contributed by atoms with Crippen LogP contribution in [-0.4, -0.2) is 35.2 Å². The molecule has 6 heteroatoms. The van der Waals surface area contributed by atoms with E-state index in [0.29, 0.717) is 29.2 Å². The van der Waals surface area contributed by atoms with Crippen molar-refractivity contribution in [3.05, 3.63) is 46.2 Å². The highest BCUT2D eigenvalue weighted by Crippen LogP contribution is 2.51. The molecular weight excluding hydrogens is 362 g/mol. The van der Waals surface area contributed by atoms with Crippen LogP contribution in [0.1, 0.15) is 50.0 Å². The topological polar surface area (TPSA) is 77.2 Å². The fourth-order valence-electron chi connectivity index (χ4n) is 4.45. The van der Waals surface area contributed by atoms with E-state index < -0.39 is 11.5 Å². The predicted octanol–water partition coefficient (Wildman–Crippen LogP) is 4.19. The third-order valence-electron chi connectivity index (χ3n) is 5.78. The molecule has 0 aromatic heterocycles. The van der Waals surface area contributed by atoms with E-state index in [1.807, 2.05) is 17.0 Å². The minimum atomic E-state index is -1.49. The zero-order chi connectivity index (χ0) is 19.0. The number of nitrogens with one attached hydrogen (secondary N) is 1. The van der Waals surface area contributed by atoms with Crippen LogP contribution in [0, 0.1) is 16.7 Å². The average Bonchev–Trinajstić information content (AvgIpc) is 3.05. The van der Waals surface area contributed by atoms with Gasteiger partial charge in [0, 0.05) is 36.5 Å². The van der Waals surface area contributed by atoms with Crippen LogP contribution in [-0.2, 0) is 9.53 Å². The van der Waals surface area contributed by atoms with Crippen LogP contribution in [0.3, 0.4) is 0 Å².